The van der Waals surface area contributed by atoms with Gasteiger partial charge in [0.05, 0.1) is 11.6 Å². The summed E-state index contributed by atoms with van der Waals surface area (Å²) >= 11 is 0. The molecule has 18 heavy (non-hydrogen) atoms. The smallest absolute Gasteiger partial charge is 0.227 e. The third kappa shape index (κ3) is 1.75. The Morgan fingerprint density at radius 2 is 2.17 bits per heavy atom. The van der Waals surface area contributed by atoms with E-state index in [0.29, 0.717) is 12.5 Å². The maximum Gasteiger partial charge on any atom is 0.227 e. The molecular formula is C13H16N4O. The molecular weight excluding hydrogens is 228 g/mol. The van der Waals surface area contributed by atoms with Gasteiger partial charge < -0.3 is 10.1 Å². The van der Waals surface area contributed by atoms with Gasteiger partial charge in [0.25, 0.3) is 0 Å². The van der Waals surface area contributed by atoms with Crippen molar-refractivity contribution in [1.82, 2.24) is 15.0 Å². The van der Waals surface area contributed by atoms with Crippen molar-refractivity contribution in [2.45, 2.75) is 33.2 Å². The summed E-state index contributed by atoms with van der Waals surface area (Å²) in [6.07, 6.45) is 0.984. The van der Waals surface area contributed by atoms with Crippen LogP contribution in [0.5, 0.6) is 5.88 Å². The van der Waals surface area contributed by atoms with E-state index in [1.807, 2.05) is 19.9 Å². The summed E-state index contributed by atoms with van der Waals surface area (Å²) in [6.45, 7) is 6.59. The van der Waals surface area contributed by atoms with E-state index in [9.17, 15) is 0 Å². The molecule has 0 aliphatic carbocycles. The molecule has 5 nitrogen and oxygen atoms in total. The zero-order valence-electron chi connectivity index (χ0n) is 10.8. The van der Waals surface area contributed by atoms with Crippen molar-refractivity contribution in [3.8, 4) is 5.88 Å². The molecule has 2 aromatic heterocycles. The summed E-state index contributed by atoms with van der Waals surface area (Å²) in [4.78, 5) is 13.4. The summed E-state index contributed by atoms with van der Waals surface area (Å²) in [5, 5.41) is 4.31. The molecule has 3 heterocycles. The summed E-state index contributed by atoms with van der Waals surface area (Å²) in [7, 11) is 0. The fraction of sp³-hybridized carbons (Fsp3) is 0.462. The van der Waals surface area contributed by atoms with Gasteiger partial charge in [0, 0.05) is 5.69 Å². The first-order chi connectivity index (χ1) is 8.67. The summed E-state index contributed by atoms with van der Waals surface area (Å²) in [5.74, 6) is 2.24. The highest BCUT2D eigenvalue weighted by Crippen LogP contribution is 2.32. The molecule has 1 atom stereocenters. The van der Waals surface area contributed by atoms with Crippen LogP contribution < -0.4 is 10.1 Å². The SMILES string of the molecule is CC[C@H]1COc2nc(C)cc3nc(C)nc(c23)N1. The number of hydrogen-bond donors (Lipinski definition) is 1. The number of pyridine rings is 1. The molecule has 5 heteroatoms. The second-order valence-electron chi connectivity index (χ2n) is 4.64. The number of aryl methyl sites for hydroxylation is 2. The lowest BCUT2D eigenvalue weighted by molar-refractivity contribution is 0.290. The van der Waals surface area contributed by atoms with E-state index in [1.165, 1.54) is 0 Å². The molecule has 94 valence electrons. The fourth-order valence-electron chi connectivity index (χ4n) is 2.20. The van der Waals surface area contributed by atoms with Crippen LogP contribution in [-0.2, 0) is 0 Å². The van der Waals surface area contributed by atoms with Crippen LogP contribution >= 0.6 is 0 Å². The molecule has 0 aromatic carbocycles. The quantitative estimate of drug-likeness (QED) is 0.833. The number of anilines is 1. The molecule has 1 aliphatic heterocycles. The van der Waals surface area contributed by atoms with Crippen molar-refractivity contribution in [1.29, 1.82) is 0 Å². The van der Waals surface area contributed by atoms with Crippen LogP contribution in [0.2, 0.25) is 0 Å². The first-order valence-corrected chi connectivity index (χ1v) is 6.22. The van der Waals surface area contributed by atoms with Crippen LogP contribution in [0.4, 0.5) is 5.82 Å². The van der Waals surface area contributed by atoms with Gasteiger partial charge in [-0.1, -0.05) is 6.92 Å². The monoisotopic (exact) mass is 244 g/mol. The Balaban J connectivity index is 2.28. The molecule has 1 N–H and O–H groups in total. The molecule has 0 spiro atoms. The minimum absolute atomic E-state index is 0.261. The van der Waals surface area contributed by atoms with Crippen molar-refractivity contribution in [3.63, 3.8) is 0 Å². The van der Waals surface area contributed by atoms with Crippen molar-refractivity contribution in [2.75, 3.05) is 11.9 Å². The highest BCUT2D eigenvalue weighted by atomic mass is 16.5. The molecule has 0 unspecified atom stereocenters. The van der Waals surface area contributed by atoms with Gasteiger partial charge in [0.15, 0.2) is 0 Å². The van der Waals surface area contributed by atoms with Crippen LogP contribution in [0.15, 0.2) is 6.07 Å². The topological polar surface area (TPSA) is 59.9 Å². The van der Waals surface area contributed by atoms with Crippen LogP contribution in [0.3, 0.4) is 0 Å². The predicted molar refractivity (Wildman–Crippen MR) is 70.0 cm³/mol. The molecule has 0 bridgehead atoms. The first-order valence-electron chi connectivity index (χ1n) is 6.22. The highest BCUT2D eigenvalue weighted by molar-refractivity contribution is 5.94. The molecule has 0 amide bonds. The number of aromatic nitrogens is 3. The number of nitrogens with one attached hydrogen (secondary N) is 1. The average molecular weight is 244 g/mol. The van der Waals surface area contributed by atoms with Gasteiger partial charge in [-0.25, -0.2) is 15.0 Å². The largest absolute Gasteiger partial charge is 0.475 e. The molecule has 0 saturated heterocycles. The molecule has 0 radical (unpaired) electrons. The van der Waals surface area contributed by atoms with Gasteiger partial charge in [-0.15, -0.1) is 0 Å². The lowest BCUT2D eigenvalue weighted by Gasteiger charge is -2.13. The van der Waals surface area contributed by atoms with Crippen LogP contribution in [-0.4, -0.2) is 27.6 Å². The van der Waals surface area contributed by atoms with Gasteiger partial charge >= 0.3 is 0 Å². The fourth-order valence-corrected chi connectivity index (χ4v) is 2.20. The minimum atomic E-state index is 0.261. The zero-order valence-corrected chi connectivity index (χ0v) is 10.8. The van der Waals surface area contributed by atoms with Crippen LogP contribution in [0.1, 0.15) is 24.9 Å². The van der Waals surface area contributed by atoms with Crippen molar-refractivity contribution < 1.29 is 4.74 Å². The summed E-state index contributed by atoms with van der Waals surface area (Å²) < 4.78 is 5.79. The van der Waals surface area contributed by atoms with Gasteiger partial charge in [0.2, 0.25) is 5.88 Å². The third-order valence-electron chi connectivity index (χ3n) is 3.14. The second kappa shape index (κ2) is 4.08. The standard InChI is InChI=1S/C13H16N4O/c1-4-9-6-18-13-11-10(5-7(2)14-13)15-8(3)16-12(11)17-9/h5,9H,4,6H2,1-3H3,(H,15,16,17)/t9-/m0/s1. The Labute approximate surface area is 106 Å². The third-order valence-corrected chi connectivity index (χ3v) is 3.14. The Kier molecular flexibility index (Phi) is 2.54. The van der Waals surface area contributed by atoms with E-state index in [4.69, 9.17) is 4.74 Å². The minimum Gasteiger partial charge on any atom is -0.475 e. The van der Waals surface area contributed by atoms with Crippen LogP contribution in [0, 0.1) is 13.8 Å². The van der Waals surface area contributed by atoms with E-state index in [-0.39, 0.29) is 6.04 Å². The Bertz CT molecular complexity index is 606. The van der Waals surface area contributed by atoms with E-state index in [1.54, 1.807) is 0 Å². The van der Waals surface area contributed by atoms with E-state index >= 15 is 0 Å². The maximum atomic E-state index is 5.79. The van der Waals surface area contributed by atoms with E-state index in [0.717, 1.165) is 34.7 Å². The first kappa shape index (κ1) is 11.2. The van der Waals surface area contributed by atoms with Crippen molar-refractivity contribution >= 4 is 16.7 Å². The van der Waals surface area contributed by atoms with Crippen molar-refractivity contribution in [3.05, 3.63) is 17.6 Å². The second-order valence-corrected chi connectivity index (χ2v) is 4.64. The molecule has 0 saturated carbocycles. The van der Waals surface area contributed by atoms with E-state index in [2.05, 4.69) is 27.2 Å². The number of nitrogens with zero attached hydrogens (tertiary/aromatic N) is 3. The van der Waals surface area contributed by atoms with Gasteiger partial charge in [0.1, 0.15) is 23.6 Å². The number of ether oxygens (including phenoxy) is 1. The number of hydrogen-bond acceptors (Lipinski definition) is 5. The average Bonchev–Trinajstić information content (AvgIpc) is 2.48. The molecule has 1 aliphatic rings. The Morgan fingerprint density at radius 3 is 2.94 bits per heavy atom. The summed E-state index contributed by atoms with van der Waals surface area (Å²) in [5.41, 5.74) is 1.81. The van der Waals surface area contributed by atoms with E-state index < -0.39 is 0 Å². The van der Waals surface area contributed by atoms with Gasteiger partial charge in [-0.3, -0.25) is 0 Å². The Hall–Kier alpha value is -1.91. The Morgan fingerprint density at radius 1 is 1.33 bits per heavy atom. The van der Waals surface area contributed by atoms with Crippen LogP contribution in [0.25, 0.3) is 10.9 Å². The zero-order chi connectivity index (χ0) is 12.7. The normalized spacial score (nSPS) is 18.1. The predicted octanol–water partition coefficient (Wildman–Crippen LogP) is 2.22. The highest BCUT2D eigenvalue weighted by Gasteiger charge is 2.21. The lowest BCUT2D eigenvalue weighted by Crippen LogP contribution is -2.25. The maximum absolute atomic E-state index is 5.79. The molecule has 2 aromatic rings. The summed E-state index contributed by atoms with van der Waals surface area (Å²) in [6, 6.07) is 2.23. The van der Waals surface area contributed by atoms with Gasteiger partial charge in [-0.2, -0.15) is 0 Å². The molecule has 0 fully saturated rings. The lowest BCUT2D eigenvalue weighted by atomic mass is 10.2. The molecule has 3 rings (SSSR count). The van der Waals surface area contributed by atoms with Gasteiger partial charge in [-0.05, 0) is 26.3 Å². The number of rotatable bonds is 1. The van der Waals surface area contributed by atoms with Crippen molar-refractivity contribution in [2.24, 2.45) is 0 Å².